The van der Waals surface area contributed by atoms with Crippen molar-refractivity contribution in [3.05, 3.63) is 29.8 Å². The number of amides is 2. The number of hydrogen-bond donors (Lipinski definition) is 0. The van der Waals surface area contributed by atoms with Gasteiger partial charge in [-0.25, -0.2) is 4.79 Å². The molecular formula is C18H23F3N2O3. The lowest BCUT2D eigenvalue weighted by Gasteiger charge is -2.28. The predicted octanol–water partition coefficient (Wildman–Crippen LogP) is 3.94. The maximum atomic E-state index is 12.8. The third kappa shape index (κ3) is 4.89. The van der Waals surface area contributed by atoms with Gasteiger partial charge in [0.1, 0.15) is 6.04 Å². The fourth-order valence-electron chi connectivity index (χ4n) is 2.91. The van der Waals surface area contributed by atoms with Gasteiger partial charge in [0.15, 0.2) is 6.61 Å². The second-order valence-corrected chi connectivity index (χ2v) is 6.67. The van der Waals surface area contributed by atoms with Gasteiger partial charge in [0.25, 0.3) is 0 Å². The van der Waals surface area contributed by atoms with E-state index in [2.05, 4.69) is 4.74 Å². The number of carbonyl (C=O) groups is 2. The van der Waals surface area contributed by atoms with Crippen molar-refractivity contribution in [2.24, 2.45) is 0 Å². The largest absolute Gasteiger partial charge is 0.440 e. The number of likely N-dealkylation sites (tertiary alicyclic amines) is 1. The lowest BCUT2D eigenvalue weighted by atomic mass is 10.0. The number of halogens is 3. The molecule has 1 heterocycles. The zero-order chi connectivity index (χ0) is 19.5. The molecule has 1 atom stereocenters. The van der Waals surface area contributed by atoms with Gasteiger partial charge in [-0.1, -0.05) is 26.0 Å². The van der Waals surface area contributed by atoms with Crippen molar-refractivity contribution in [3.63, 3.8) is 0 Å². The summed E-state index contributed by atoms with van der Waals surface area (Å²) in [6, 6.07) is 6.67. The van der Waals surface area contributed by atoms with Crippen LogP contribution in [0, 0.1) is 0 Å². The van der Waals surface area contributed by atoms with E-state index in [1.54, 1.807) is 13.1 Å². The van der Waals surface area contributed by atoms with E-state index in [9.17, 15) is 22.8 Å². The van der Waals surface area contributed by atoms with Crippen LogP contribution in [0.15, 0.2) is 24.3 Å². The Balaban J connectivity index is 2.09. The van der Waals surface area contributed by atoms with Crippen LogP contribution < -0.4 is 4.90 Å². The van der Waals surface area contributed by atoms with Gasteiger partial charge in [-0.2, -0.15) is 13.2 Å². The Morgan fingerprint density at radius 3 is 2.65 bits per heavy atom. The molecule has 1 aromatic carbocycles. The van der Waals surface area contributed by atoms with E-state index in [4.69, 9.17) is 0 Å². The molecule has 0 radical (unpaired) electrons. The van der Waals surface area contributed by atoms with Crippen molar-refractivity contribution in [2.45, 2.75) is 44.8 Å². The third-order valence-electron chi connectivity index (χ3n) is 4.39. The summed E-state index contributed by atoms with van der Waals surface area (Å²) in [4.78, 5) is 27.3. The molecule has 0 aromatic heterocycles. The number of nitrogens with zero attached hydrogens (tertiary/aromatic N) is 2. The first-order valence-electron chi connectivity index (χ1n) is 8.48. The summed E-state index contributed by atoms with van der Waals surface area (Å²) in [5.41, 5.74) is 1.74. The molecule has 2 amide bonds. The number of carbonyl (C=O) groups excluding carboxylic acids is 2. The molecule has 1 unspecified atom stereocenters. The average Bonchev–Trinajstić information content (AvgIpc) is 3.07. The summed E-state index contributed by atoms with van der Waals surface area (Å²) in [5.74, 6) is -0.0499. The topological polar surface area (TPSA) is 49.9 Å². The molecule has 0 spiro atoms. The van der Waals surface area contributed by atoms with Gasteiger partial charge in [0.2, 0.25) is 5.91 Å². The van der Waals surface area contributed by atoms with Crippen LogP contribution in [0.1, 0.15) is 38.2 Å². The van der Waals surface area contributed by atoms with Crippen LogP contribution in [-0.2, 0) is 9.53 Å². The molecule has 5 nitrogen and oxygen atoms in total. The zero-order valence-electron chi connectivity index (χ0n) is 15.0. The molecule has 0 bridgehead atoms. The number of ether oxygens (including phenoxy) is 1. The predicted molar refractivity (Wildman–Crippen MR) is 91.1 cm³/mol. The third-order valence-corrected chi connectivity index (χ3v) is 4.39. The lowest BCUT2D eigenvalue weighted by molar-refractivity contribution is -0.162. The van der Waals surface area contributed by atoms with Crippen molar-refractivity contribution >= 4 is 17.7 Å². The maximum Gasteiger partial charge on any atom is 0.422 e. The number of hydrogen-bond acceptors (Lipinski definition) is 3. The first-order chi connectivity index (χ1) is 12.1. The van der Waals surface area contributed by atoms with E-state index in [0.717, 1.165) is 10.5 Å². The summed E-state index contributed by atoms with van der Waals surface area (Å²) in [6.07, 6.45) is -4.77. The fourth-order valence-corrected chi connectivity index (χ4v) is 2.91. The lowest BCUT2D eigenvalue weighted by Crippen LogP contribution is -2.47. The highest BCUT2D eigenvalue weighted by Gasteiger charge is 2.38. The highest BCUT2D eigenvalue weighted by atomic mass is 19.4. The van der Waals surface area contributed by atoms with Gasteiger partial charge < -0.3 is 9.64 Å². The molecule has 2 rings (SSSR count). The van der Waals surface area contributed by atoms with Crippen molar-refractivity contribution in [1.29, 1.82) is 0 Å². The molecule has 0 aliphatic carbocycles. The minimum absolute atomic E-state index is 0.201. The van der Waals surface area contributed by atoms with E-state index in [-0.39, 0.29) is 12.5 Å². The van der Waals surface area contributed by atoms with Gasteiger partial charge in [0.05, 0.1) is 0 Å². The van der Waals surface area contributed by atoms with E-state index >= 15 is 0 Å². The summed E-state index contributed by atoms with van der Waals surface area (Å²) in [6.45, 7) is 2.62. The average molecular weight is 372 g/mol. The molecule has 0 N–H and O–H groups in total. The molecule has 1 aromatic rings. The van der Waals surface area contributed by atoms with Crippen LogP contribution in [0.5, 0.6) is 0 Å². The van der Waals surface area contributed by atoms with Crippen molar-refractivity contribution in [3.8, 4) is 0 Å². The monoisotopic (exact) mass is 372 g/mol. The van der Waals surface area contributed by atoms with Gasteiger partial charge in [-0.05, 0) is 36.5 Å². The number of anilines is 1. The molecule has 26 heavy (non-hydrogen) atoms. The Labute approximate surface area is 150 Å². The Bertz CT molecular complexity index is 661. The Morgan fingerprint density at radius 2 is 2.04 bits per heavy atom. The first-order valence-corrected chi connectivity index (χ1v) is 8.48. The van der Waals surface area contributed by atoms with Crippen LogP contribution in [-0.4, -0.2) is 49.3 Å². The molecule has 8 heteroatoms. The van der Waals surface area contributed by atoms with E-state index < -0.39 is 24.9 Å². The number of likely N-dealkylation sites (N-methyl/N-ethyl adjacent to an activating group) is 1. The number of rotatable bonds is 4. The number of alkyl halides is 3. The molecular weight excluding hydrogens is 349 g/mol. The quantitative estimate of drug-likeness (QED) is 0.805. The summed E-state index contributed by atoms with van der Waals surface area (Å²) in [5, 5.41) is 0. The van der Waals surface area contributed by atoms with Crippen LogP contribution in [0.25, 0.3) is 0 Å². The summed E-state index contributed by atoms with van der Waals surface area (Å²) < 4.78 is 41.0. The van der Waals surface area contributed by atoms with E-state index in [0.29, 0.717) is 24.4 Å². The summed E-state index contributed by atoms with van der Waals surface area (Å²) in [7, 11) is 1.60. The van der Waals surface area contributed by atoms with Gasteiger partial charge in [-0.3, -0.25) is 9.69 Å². The highest BCUT2D eigenvalue weighted by molar-refractivity contribution is 5.98. The van der Waals surface area contributed by atoms with Crippen molar-refractivity contribution < 1.29 is 27.5 Å². The van der Waals surface area contributed by atoms with Crippen LogP contribution >= 0.6 is 0 Å². The fraction of sp³-hybridized carbons (Fsp3) is 0.556. The Morgan fingerprint density at radius 1 is 1.35 bits per heavy atom. The van der Waals surface area contributed by atoms with E-state index in [1.165, 1.54) is 4.90 Å². The van der Waals surface area contributed by atoms with Gasteiger partial charge in [0, 0.05) is 19.3 Å². The standard InChI is InChI=1S/C18H23F3N2O3/c1-12(2)13-6-4-7-14(10-13)22(3)16(24)15-8-5-9-23(15)17(25)26-11-18(19,20)21/h4,6-7,10,12,15H,5,8-9,11H2,1-3H3. The normalized spacial score (nSPS) is 17.5. The van der Waals surface area contributed by atoms with Crippen molar-refractivity contribution in [2.75, 3.05) is 25.1 Å². The minimum Gasteiger partial charge on any atom is -0.440 e. The van der Waals surface area contributed by atoms with E-state index in [1.807, 2.05) is 32.0 Å². The van der Waals surface area contributed by atoms with Crippen molar-refractivity contribution in [1.82, 2.24) is 4.90 Å². The van der Waals surface area contributed by atoms with Crippen LogP contribution in [0.3, 0.4) is 0 Å². The first kappa shape index (κ1) is 20.1. The Hall–Kier alpha value is -2.25. The molecule has 1 aliphatic heterocycles. The SMILES string of the molecule is CC(C)c1cccc(N(C)C(=O)C2CCCN2C(=O)OCC(F)(F)F)c1. The van der Waals surface area contributed by atoms with Gasteiger partial charge in [-0.15, -0.1) is 0 Å². The second-order valence-electron chi connectivity index (χ2n) is 6.67. The minimum atomic E-state index is -4.59. The molecule has 1 fully saturated rings. The molecule has 144 valence electrons. The highest BCUT2D eigenvalue weighted by Crippen LogP contribution is 2.26. The zero-order valence-corrected chi connectivity index (χ0v) is 15.0. The summed E-state index contributed by atoms with van der Waals surface area (Å²) >= 11 is 0. The number of benzene rings is 1. The smallest absolute Gasteiger partial charge is 0.422 e. The molecule has 0 saturated carbocycles. The van der Waals surface area contributed by atoms with Crippen LogP contribution in [0.2, 0.25) is 0 Å². The van der Waals surface area contributed by atoms with Gasteiger partial charge >= 0.3 is 12.3 Å². The maximum absolute atomic E-state index is 12.8. The Kier molecular flexibility index (Phi) is 6.15. The van der Waals surface area contributed by atoms with Crippen LogP contribution in [0.4, 0.5) is 23.7 Å². The second kappa shape index (κ2) is 7.97. The molecule has 1 aliphatic rings. The molecule has 1 saturated heterocycles.